The standard InChI is InChI=1S/Ca.Fe.Mg.H3P.Zn/h;;;1H3;. The largest absolute Gasteiger partial charge is 0.153 e. The van der Waals surface area contributed by atoms with Gasteiger partial charge in [-0.2, -0.15) is 9.90 Å². The molecule has 0 spiro atoms. The summed E-state index contributed by atoms with van der Waals surface area (Å²) in [6, 6.07) is 0. The van der Waals surface area contributed by atoms with Crippen LogP contribution in [0.15, 0.2) is 0 Å². The average molecular weight is 220 g/mol. The molecule has 22 valence electrons. The predicted molar refractivity (Wildman–Crippen MR) is 22.6 cm³/mol. The van der Waals surface area contributed by atoms with E-state index in [9.17, 15) is 0 Å². The minimum atomic E-state index is 0. The first-order valence-electron chi connectivity index (χ1n) is 0. The summed E-state index contributed by atoms with van der Waals surface area (Å²) in [5, 5.41) is 0. The molecule has 0 aromatic rings. The van der Waals surface area contributed by atoms with Crippen LogP contribution in [0.5, 0.6) is 0 Å². The minimum absolute atomic E-state index is 0. The Kier molecular flexibility index (Phi) is 196. The van der Waals surface area contributed by atoms with Crippen molar-refractivity contribution in [2.24, 2.45) is 0 Å². The molecule has 5 heavy (non-hydrogen) atoms. The summed E-state index contributed by atoms with van der Waals surface area (Å²) in [6.45, 7) is 0. The first-order valence-corrected chi connectivity index (χ1v) is 0. The second kappa shape index (κ2) is 25.5. The molecule has 0 fully saturated rings. The van der Waals surface area contributed by atoms with Crippen molar-refractivity contribution in [1.29, 1.82) is 0 Å². The van der Waals surface area contributed by atoms with Crippen LogP contribution in [-0.4, -0.2) is 60.8 Å². The van der Waals surface area contributed by atoms with Gasteiger partial charge in [0.1, 0.15) is 0 Å². The van der Waals surface area contributed by atoms with Crippen LogP contribution in [0, 0.1) is 0 Å². The van der Waals surface area contributed by atoms with Gasteiger partial charge in [-0.05, 0) is 0 Å². The summed E-state index contributed by atoms with van der Waals surface area (Å²) in [6.07, 6.45) is 0. The van der Waals surface area contributed by atoms with Crippen molar-refractivity contribution in [3.05, 3.63) is 0 Å². The first kappa shape index (κ1) is 38.3. The van der Waals surface area contributed by atoms with Crippen molar-refractivity contribution in [1.82, 2.24) is 0 Å². The molecule has 1 unspecified atom stereocenters. The average Bonchev–Trinajstić information content (AvgIpc) is 0. The van der Waals surface area contributed by atoms with E-state index < -0.39 is 0 Å². The van der Waals surface area contributed by atoms with Crippen LogP contribution in [0.3, 0.4) is 0 Å². The molecule has 0 bridgehead atoms. The van der Waals surface area contributed by atoms with Gasteiger partial charge < -0.3 is 0 Å². The van der Waals surface area contributed by atoms with Gasteiger partial charge in [0.05, 0.1) is 0 Å². The van der Waals surface area contributed by atoms with E-state index in [1.54, 1.807) is 0 Å². The fraction of sp³-hybridized carbons (Fsp3) is 0. The molecule has 0 nitrogen and oxygen atoms in total. The van der Waals surface area contributed by atoms with Crippen LogP contribution in [0.25, 0.3) is 0 Å². The molecule has 0 saturated carbocycles. The van der Waals surface area contributed by atoms with Crippen molar-refractivity contribution in [3.8, 4) is 0 Å². The number of hydrogen-bond acceptors (Lipinski definition) is 0. The van der Waals surface area contributed by atoms with E-state index in [1.165, 1.54) is 0 Å². The molecule has 0 heterocycles. The Bertz CT molecular complexity index is 11.6. The van der Waals surface area contributed by atoms with Crippen molar-refractivity contribution >= 4 is 70.7 Å². The van der Waals surface area contributed by atoms with Crippen LogP contribution in [0.4, 0.5) is 0 Å². The second-order valence-corrected chi connectivity index (χ2v) is 0. The topological polar surface area (TPSA) is 0 Å². The molecule has 0 aromatic heterocycles. The van der Waals surface area contributed by atoms with Gasteiger partial charge >= 0.3 is 0 Å². The third-order valence-corrected chi connectivity index (χ3v) is 0. The molecule has 0 aliphatic carbocycles. The van der Waals surface area contributed by atoms with Gasteiger partial charge in [0, 0.05) is 97.3 Å². The van der Waals surface area contributed by atoms with Gasteiger partial charge in [0.2, 0.25) is 0 Å². The maximum Gasteiger partial charge on any atom is 0 e. The predicted octanol–water partition coefficient (Wildman–Crippen LogP) is -0.709. The van der Waals surface area contributed by atoms with Gasteiger partial charge in [-0.1, -0.05) is 0 Å². The second-order valence-electron chi connectivity index (χ2n) is 0. The molecule has 0 aromatic carbocycles. The molecule has 0 aliphatic rings. The van der Waals surface area contributed by atoms with Crippen molar-refractivity contribution < 1.29 is 36.5 Å². The molecular formula is H3CaFeMgPZn. The Hall–Kier alpha value is 3.60. The van der Waals surface area contributed by atoms with Gasteiger partial charge in [-0.25, -0.2) is 0 Å². The zero-order valence-corrected chi connectivity index (χ0v) is 12.3. The summed E-state index contributed by atoms with van der Waals surface area (Å²) in [5.74, 6) is 0. The fourth-order valence-corrected chi connectivity index (χ4v) is 0. The van der Waals surface area contributed by atoms with Crippen LogP contribution < -0.4 is 0 Å². The van der Waals surface area contributed by atoms with Crippen molar-refractivity contribution in [2.45, 2.75) is 0 Å². The van der Waals surface area contributed by atoms with E-state index in [4.69, 9.17) is 0 Å². The SMILES string of the molecule is P.[Ca].[Fe].[Mg].[Zn]. The summed E-state index contributed by atoms with van der Waals surface area (Å²) >= 11 is 0. The molecule has 4 radical (unpaired) electrons. The van der Waals surface area contributed by atoms with Crippen LogP contribution in [0.1, 0.15) is 0 Å². The molecule has 0 amide bonds. The number of rotatable bonds is 0. The van der Waals surface area contributed by atoms with E-state index >= 15 is 0 Å². The molecule has 1 atom stereocenters. The smallest absolute Gasteiger partial charge is 0 e. The monoisotopic (exact) mass is 218 g/mol. The zero-order valence-electron chi connectivity index (χ0n) is 3.18. The Morgan fingerprint density at radius 3 is 1.00 bits per heavy atom. The van der Waals surface area contributed by atoms with Gasteiger partial charge in [-0.15, -0.1) is 0 Å². The molecule has 0 rings (SSSR count). The number of hydrogen-bond donors (Lipinski definition) is 0. The summed E-state index contributed by atoms with van der Waals surface area (Å²) < 4.78 is 0. The third-order valence-electron chi connectivity index (χ3n) is 0. The van der Waals surface area contributed by atoms with E-state index in [1.807, 2.05) is 0 Å². The summed E-state index contributed by atoms with van der Waals surface area (Å²) in [4.78, 5) is 0. The maximum atomic E-state index is 0. The quantitative estimate of drug-likeness (QED) is 0.373. The Morgan fingerprint density at radius 1 is 1.00 bits per heavy atom. The van der Waals surface area contributed by atoms with Gasteiger partial charge in [0.25, 0.3) is 0 Å². The first-order chi connectivity index (χ1) is 0. The van der Waals surface area contributed by atoms with Crippen LogP contribution >= 0.6 is 9.90 Å². The fourth-order valence-electron chi connectivity index (χ4n) is 0. The molecular weight excluding hydrogens is 217 g/mol. The third kappa shape index (κ3) is 18.4. The Morgan fingerprint density at radius 2 is 1.00 bits per heavy atom. The summed E-state index contributed by atoms with van der Waals surface area (Å²) in [5.41, 5.74) is 0. The molecule has 0 saturated heterocycles. The van der Waals surface area contributed by atoms with Gasteiger partial charge in [-0.3, -0.25) is 0 Å². The Labute approximate surface area is 105 Å². The van der Waals surface area contributed by atoms with E-state index in [2.05, 4.69) is 0 Å². The maximum absolute atomic E-state index is 0. The molecule has 5 heteroatoms. The zero-order chi connectivity index (χ0) is 0. The van der Waals surface area contributed by atoms with Crippen molar-refractivity contribution in [2.75, 3.05) is 0 Å². The van der Waals surface area contributed by atoms with Gasteiger partial charge in [0.15, 0.2) is 0 Å². The normalized spacial score (nSPS) is 0. The van der Waals surface area contributed by atoms with Crippen LogP contribution in [-0.2, 0) is 36.5 Å². The molecule has 0 N–H and O–H groups in total. The molecule has 0 aliphatic heterocycles. The van der Waals surface area contributed by atoms with E-state index in [0.29, 0.717) is 0 Å². The van der Waals surface area contributed by atoms with E-state index in [-0.39, 0.29) is 107 Å². The van der Waals surface area contributed by atoms with Crippen molar-refractivity contribution in [3.63, 3.8) is 0 Å². The minimum Gasteiger partial charge on any atom is -0.153 e. The Balaban J connectivity index is 0. The van der Waals surface area contributed by atoms with E-state index in [0.717, 1.165) is 0 Å². The summed E-state index contributed by atoms with van der Waals surface area (Å²) in [7, 11) is 0. The van der Waals surface area contributed by atoms with Crippen LogP contribution in [0.2, 0.25) is 0 Å².